The molecular formula is C13H22N2O4. The van der Waals surface area contributed by atoms with Crippen LogP contribution in [0.4, 0.5) is 4.79 Å². The van der Waals surface area contributed by atoms with Gasteiger partial charge in [0.1, 0.15) is 0 Å². The van der Waals surface area contributed by atoms with Gasteiger partial charge < -0.3 is 20.5 Å². The third kappa shape index (κ3) is 3.59. The monoisotopic (exact) mass is 270 g/mol. The largest absolute Gasteiger partial charge is 0.481 e. The van der Waals surface area contributed by atoms with Crippen molar-refractivity contribution >= 4 is 12.0 Å². The van der Waals surface area contributed by atoms with E-state index in [0.717, 1.165) is 25.7 Å². The number of methoxy groups -OCH3 is 1. The number of hydrogen-bond acceptors (Lipinski definition) is 3. The van der Waals surface area contributed by atoms with E-state index < -0.39 is 5.97 Å². The Morgan fingerprint density at radius 2 is 1.95 bits per heavy atom. The molecule has 0 saturated heterocycles. The van der Waals surface area contributed by atoms with Crippen LogP contribution in [0, 0.1) is 5.92 Å². The van der Waals surface area contributed by atoms with Gasteiger partial charge in [-0.2, -0.15) is 0 Å². The summed E-state index contributed by atoms with van der Waals surface area (Å²) in [7, 11) is 1.66. The molecule has 108 valence electrons. The topological polar surface area (TPSA) is 87.7 Å². The summed E-state index contributed by atoms with van der Waals surface area (Å²) < 4.78 is 5.32. The number of rotatable bonds is 4. The normalized spacial score (nSPS) is 34.2. The minimum atomic E-state index is -0.764. The average Bonchev–Trinajstić information content (AvgIpc) is 2.97. The highest BCUT2D eigenvalue weighted by atomic mass is 16.5. The summed E-state index contributed by atoms with van der Waals surface area (Å²) in [6.45, 7) is 0. The summed E-state index contributed by atoms with van der Waals surface area (Å²) in [5, 5.41) is 14.7. The van der Waals surface area contributed by atoms with Gasteiger partial charge in [0.05, 0.1) is 18.1 Å². The minimum absolute atomic E-state index is 0.0245. The molecule has 6 nitrogen and oxygen atoms in total. The molecule has 2 unspecified atom stereocenters. The van der Waals surface area contributed by atoms with E-state index in [0.29, 0.717) is 12.8 Å². The van der Waals surface area contributed by atoms with Crippen molar-refractivity contribution in [2.45, 2.75) is 56.7 Å². The van der Waals surface area contributed by atoms with E-state index in [9.17, 15) is 9.59 Å². The zero-order valence-electron chi connectivity index (χ0n) is 11.2. The number of carbonyl (C=O) groups excluding carboxylic acids is 1. The predicted octanol–water partition coefficient (Wildman–Crippen LogP) is 1.11. The molecule has 2 rings (SSSR count). The summed E-state index contributed by atoms with van der Waals surface area (Å²) >= 11 is 0. The van der Waals surface area contributed by atoms with Crippen LogP contribution in [0.5, 0.6) is 0 Å². The summed E-state index contributed by atoms with van der Waals surface area (Å²) in [6, 6.07) is -0.157. The maximum absolute atomic E-state index is 11.9. The maximum atomic E-state index is 11.9. The van der Waals surface area contributed by atoms with Gasteiger partial charge in [-0.05, 0) is 38.5 Å². The highest BCUT2D eigenvalue weighted by Gasteiger charge is 2.32. The van der Waals surface area contributed by atoms with Gasteiger partial charge in [0.15, 0.2) is 0 Å². The Hall–Kier alpha value is -1.30. The van der Waals surface area contributed by atoms with Gasteiger partial charge in [-0.15, -0.1) is 0 Å². The van der Waals surface area contributed by atoms with E-state index in [2.05, 4.69) is 10.6 Å². The molecule has 0 aliphatic heterocycles. The van der Waals surface area contributed by atoms with E-state index in [-0.39, 0.29) is 30.1 Å². The van der Waals surface area contributed by atoms with Crippen LogP contribution < -0.4 is 10.6 Å². The third-order valence-electron chi connectivity index (χ3n) is 4.19. The van der Waals surface area contributed by atoms with E-state index in [1.54, 1.807) is 7.11 Å². The lowest BCUT2D eigenvalue weighted by Crippen LogP contribution is -2.48. The Morgan fingerprint density at radius 1 is 1.16 bits per heavy atom. The molecule has 0 aromatic carbocycles. The number of amides is 2. The van der Waals surface area contributed by atoms with Crippen LogP contribution in [0.15, 0.2) is 0 Å². The number of carboxylic acid groups (broad SMARTS) is 1. The molecule has 0 aromatic heterocycles. The molecule has 19 heavy (non-hydrogen) atoms. The Bertz CT molecular complexity index is 348. The fraction of sp³-hybridized carbons (Fsp3) is 0.846. The Morgan fingerprint density at radius 3 is 2.58 bits per heavy atom. The van der Waals surface area contributed by atoms with Crippen LogP contribution in [-0.2, 0) is 9.53 Å². The Kier molecular flexibility index (Phi) is 4.63. The molecule has 3 N–H and O–H groups in total. The summed E-state index contributed by atoms with van der Waals surface area (Å²) in [5.74, 6) is -1.08. The zero-order chi connectivity index (χ0) is 13.8. The van der Waals surface area contributed by atoms with Crippen LogP contribution >= 0.6 is 0 Å². The minimum Gasteiger partial charge on any atom is -0.481 e. The molecule has 4 atom stereocenters. The van der Waals surface area contributed by atoms with Crippen LogP contribution in [0.1, 0.15) is 38.5 Å². The molecule has 2 aliphatic rings. The van der Waals surface area contributed by atoms with Gasteiger partial charge in [0.25, 0.3) is 0 Å². The van der Waals surface area contributed by atoms with Crippen molar-refractivity contribution in [3.05, 3.63) is 0 Å². The second kappa shape index (κ2) is 6.23. The molecular weight excluding hydrogens is 248 g/mol. The quantitative estimate of drug-likeness (QED) is 0.714. The van der Waals surface area contributed by atoms with Gasteiger partial charge in [-0.25, -0.2) is 4.79 Å². The lowest BCUT2D eigenvalue weighted by molar-refractivity contribution is -0.141. The molecule has 2 saturated carbocycles. The Labute approximate surface area is 112 Å². The zero-order valence-corrected chi connectivity index (χ0v) is 11.2. The number of aliphatic carboxylic acids is 1. The Balaban J connectivity index is 1.74. The van der Waals surface area contributed by atoms with E-state index >= 15 is 0 Å². The number of carboxylic acids is 1. The smallest absolute Gasteiger partial charge is 0.315 e. The SMILES string of the molecule is COC1CCCC1NC(=O)N[C@H]1CC[C@@H](C(=O)O)C1. The summed E-state index contributed by atoms with van der Waals surface area (Å²) in [5.41, 5.74) is 0. The van der Waals surface area contributed by atoms with Gasteiger partial charge in [-0.1, -0.05) is 0 Å². The summed E-state index contributed by atoms with van der Waals surface area (Å²) in [6.07, 6.45) is 4.99. The average molecular weight is 270 g/mol. The molecule has 2 amide bonds. The molecule has 0 spiro atoms. The standard InChI is InChI=1S/C13H22N2O4/c1-19-11-4-2-3-10(11)15-13(18)14-9-6-5-8(7-9)12(16)17/h8-11H,2-7H2,1H3,(H,16,17)(H2,14,15,18)/t8-,9+,10?,11?/m1/s1. The fourth-order valence-electron chi connectivity index (χ4n) is 3.11. The first-order valence-electron chi connectivity index (χ1n) is 6.92. The third-order valence-corrected chi connectivity index (χ3v) is 4.19. The van der Waals surface area contributed by atoms with Crippen molar-refractivity contribution in [1.29, 1.82) is 0 Å². The van der Waals surface area contributed by atoms with Gasteiger partial charge in [0, 0.05) is 13.2 Å². The molecule has 2 aliphatic carbocycles. The van der Waals surface area contributed by atoms with Gasteiger partial charge >= 0.3 is 12.0 Å². The fourth-order valence-corrected chi connectivity index (χ4v) is 3.11. The van der Waals surface area contributed by atoms with E-state index in [4.69, 9.17) is 9.84 Å². The first kappa shape index (κ1) is 14.1. The van der Waals surface area contributed by atoms with E-state index in [1.165, 1.54) is 0 Å². The molecule has 0 heterocycles. The molecule has 0 radical (unpaired) electrons. The van der Waals surface area contributed by atoms with Crippen LogP contribution in [0.3, 0.4) is 0 Å². The van der Waals surface area contributed by atoms with Crippen LogP contribution in [0.2, 0.25) is 0 Å². The van der Waals surface area contributed by atoms with Crippen molar-refractivity contribution in [2.75, 3.05) is 7.11 Å². The number of nitrogens with one attached hydrogen (secondary N) is 2. The van der Waals surface area contributed by atoms with Crippen molar-refractivity contribution < 1.29 is 19.4 Å². The molecule has 0 aromatic rings. The molecule has 2 fully saturated rings. The first-order valence-corrected chi connectivity index (χ1v) is 6.92. The van der Waals surface area contributed by atoms with Gasteiger partial charge in [-0.3, -0.25) is 4.79 Å². The van der Waals surface area contributed by atoms with Crippen molar-refractivity contribution in [3.8, 4) is 0 Å². The number of hydrogen-bond donors (Lipinski definition) is 3. The highest BCUT2D eigenvalue weighted by molar-refractivity contribution is 5.75. The second-order valence-electron chi connectivity index (χ2n) is 5.47. The van der Waals surface area contributed by atoms with Crippen LogP contribution in [0.25, 0.3) is 0 Å². The predicted molar refractivity (Wildman–Crippen MR) is 68.9 cm³/mol. The lowest BCUT2D eigenvalue weighted by Gasteiger charge is -2.21. The molecule has 0 bridgehead atoms. The second-order valence-corrected chi connectivity index (χ2v) is 5.47. The van der Waals surface area contributed by atoms with Crippen LogP contribution in [-0.4, -0.2) is 42.4 Å². The summed E-state index contributed by atoms with van der Waals surface area (Å²) in [4.78, 5) is 22.7. The number of ether oxygens (including phenoxy) is 1. The van der Waals surface area contributed by atoms with Crippen molar-refractivity contribution in [2.24, 2.45) is 5.92 Å². The highest BCUT2D eigenvalue weighted by Crippen LogP contribution is 2.26. The van der Waals surface area contributed by atoms with Crippen molar-refractivity contribution in [3.63, 3.8) is 0 Å². The number of urea groups is 1. The first-order chi connectivity index (χ1) is 9.10. The number of carbonyl (C=O) groups is 2. The van der Waals surface area contributed by atoms with Crippen molar-refractivity contribution in [1.82, 2.24) is 10.6 Å². The van der Waals surface area contributed by atoms with Gasteiger partial charge in [0.2, 0.25) is 0 Å². The van der Waals surface area contributed by atoms with E-state index in [1.807, 2.05) is 0 Å². The molecule has 6 heteroatoms. The lowest BCUT2D eigenvalue weighted by atomic mass is 10.1. The maximum Gasteiger partial charge on any atom is 0.315 e.